The van der Waals surface area contributed by atoms with Crippen LogP contribution in [0.15, 0.2) is 41.3 Å². The monoisotopic (exact) mass is 443 g/mol. The van der Waals surface area contributed by atoms with Crippen LogP contribution in [0.4, 0.5) is 11.4 Å². The highest BCUT2D eigenvalue weighted by Crippen LogP contribution is 2.35. The van der Waals surface area contributed by atoms with E-state index in [9.17, 15) is 18.0 Å². The lowest BCUT2D eigenvalue weighted by Crippen LogP contribution is -2.43. The fourth-order valence-electron chi connectivity index (χ4n) is 3.82. The second-order valence-corrected chi connectivity index (χ2v) is 9.74. The van der Waals surface area contributed by atoms with E-state index in [1.165, 1.54) is 27.4 Å². The first-order valence-corrected chi connectivity index (χ1v) is 11.6. The van der Waals surface area contributed by atoms with Gasteiger partial charge in [0.2, 0.25) is 15.9 Å². The molecule has 2 aromatic rings. The number of ether oxygens (including phenoxy) is 1. The molecule has 31 heavy (non-hydrogen) atoms. The first-order chi connectivity index (χ1) is 14.8. The Labute approximate surface area is 181 Å². The summed E-state index contributed by atoms with van der Waals surface area (Å²) in [5.41, 5.74) is 3.09. The molecule has 0 unspecified atom stereocenters. The van der Waals surface area contributed by atoms with Gasteiger partial charge in [-0.25, -0.2) is 8.42 Å². The van der Waals surface area contributed by atoms with E-state index in [4.69, 9.17) is 4.74 Å². The highest BCUT2D eigenvalue weighted by atomic mass is 32.2. The number of carbonyl (C=O) groups excluding carboxylic acids is 2. The van der Waals surface area contributed by atoms with Crippen LogP contribution in [0.25, 0.3) is 0 Å². The van der Waals surface area contributed by atoms with Crippen molar-refractivity contribution in [3.05, 3.63) is 47.5 Å². The maximum absolute atomic E-state index is 12.8. The molecule has 0 saturated carbocycles. The normalized spacial score (nSPS) is 16.7. The number of amides is 2. The van der Waals surface area contributed by atoms with Gasteiger partial charge >= 0.3 is 0 Å². The summed E-state index contributed by atoms with van der Waals surface area (Å²) in [7, 11) is -3.61. The summed E-state index contributed by atoms with van der Waals surface area (Å²) < 4.78 is 32.6. The SMILES string of the molecule is Cc1cccc(NC(=O)CN2C(=O)COc3cc(S(=O)(=O)N4CCCC4)ccc32)c1C. The van der Waals surface area contributed by atoms with Gasteiger partial charge in [-0.3, -0.25) is 14.5 Å². The Morgan fingerprint density at radius 1 is 1.13 bits per heavy atom. The summed E-state index contributed by atoms with van der Waals surface area (Å²) in [6.45, 7) is 4.44. The minimum atomic E-state index is -3.61. The molecule has 9 heteroatoms. The molecule has 0 bridgehead atoms. The maximum Gasteiger partial charge on any atom is 0.265 e. The Morgan fingerprint density at radius 3 is 2.61 bits per heavy atom. The number of fused-ring (bicyclic) bond motifs is 1. The first-order valence-electron chi connectivity index (χ1n) is 10.2. The average Bonchev–Trinajstić information content (AvgIpc) is 3.29. The molecule has 2 aliphatic rings. The number of sulfonamides is 1. The van der Waals surface area contributed by atoms with Crippen molar-refractivity contribution in [1.29, 1.82) is 0 Å². The number of hydrogen-bond donors (Lipinski definition) is 1. The molecule has 2 amide bonds. The van der Waals surface area contributed by atoms with Gasteiger partial charge < -0.3 is 10.1 Å². The molecule has 1 N–H and O–H groups in total. The minimum Gasteiger partial charge on any atom is -0.482 e. The van der Waals surface area contributed by atoms with Crippen LogP contribution >= 0.6 is 0 Å². The zero-order chi connectivity index (χ0) is 22.2. The molecule has 0 spiro atoms. The highest BCUT2D eigenvalue weighted by Gasteiger charge is 2.32. The summed E-state index contributed by atoms with van der Waals surface area (Å²) >= 11 is 0. The van der Waals surface area contributed by atoms with Gasteiger partial charge in [0.05, 0.1) is 10.6 Å². The van der Waals surface area contributed by atoms with E-state index >= 15 is 0 Å². The molecule has 0 aliphatic carbocycles. The summed E-state index contributed by atoms with van der Waals surface area (Å²) in [4.78, 5) is 26.6. The smallest absolute Gasteiger partial charge is 0.265 e. The third-order valence-electron chi connectivity index (χ3n) is 5.76. The van der Waals surface area contributed by atoms with Crippen LogP contribution in [0.2, 0.25) is 0 Å². The van der Waals surface area contributed by atoms with Gasteiger partial charge in [0.1, 0.15) is 12.3 Å². The molecule has 0 radical (unpaired) electrons. The summed E-state index contributed by atoms with van der Waals surface area (Å²) in [5.74, 6) is -0.429. The number of hydrogen-bond acceptors (Lipinski definition) is 5. The van der Waals surface area contributed by atoms with Crippen molar-refractivity contribution < 1.29 is 22.7 Å². The third kappa shape index (κ3) is 4.15. The standard InChI is InChI=1S/C22H25N3O5S/c1-15-6-5-7-18(16(15)2)23-21(26)13-25-19-9-8-17(12-20(19)30-14-22(25)27)31(28,29)24-10-3-4-11-24/h5-9,12H,3-4,10-11,13-14H2,1-2H3,(H,23,26). The predicted molar refractivity (Wildman–Crippen MR) is 117 cm³/mol. The Balaban J connectivity index is 1.56. The number of nitrogens with zero attached hydrogens (tertiary/aromatic N) is 2. The lowest BCUT2D eigenvalue weighted by Gasteiger charge is -2.29. The Bertz CT molecular complexity index is 1140. The highest BCUT2D eigenvalue weighted by molar-refractivity contribution is 7.89. The molecule has 2 heterocycles. The van der Waals surface area contributed by atoms with E-state index in [1.54, 1.807) is 0 Å². The van der Waals surface area contributed by atoms with Gasteiger partial charge in [0.25, 0.3) is 5.91 Å². The van der Waals surface area contributed by atoms with Crippen LogP contribution in [-0.4, -0.2) is 50.8 Å². The van der Waals surface area contributed by atoms with Crippen LogP contribution in [0.5, 0.6) is 5.75 Å². The van der Waals surface area contributed by atoms with Gasteiger partial charge in [0.15, 0.2) is 6.61 Å². The van der Waals surface area contributed by atoms with E-state index < -0.39 is 10.0 Å². The first kappa shape index (κ1) is 21.3. The van der Waals surface area contributed by atoms with Crippen LogP contribution in [0.3, 0.4) is 0 Å². The minimum absolute atomic E-state index is 0.127. The molecule has 1 fully saturated rings. The van der Waals surface area contributed by atoms with E-state index in [0.717, 1.165) is 24.0 Å². The second kappa shape index (κ2) is 8.32. The van der Waals surface area contributed by atoms with Crippen molar-refractivity contribution in [2.45, 2.75) is 31.6 Å². The number of rotatable bonds is 5. The van der Waals surface area contributed by atoms with Crippen molar-refractivity contribution in [3.8, 4) is 5.75 Å². The Hall–Kier alpha value is -2.91. The molecule has 164 valence electrons. The molecular weight excluding hydrogens is 418 g/mol. The topological polar surface area (TPSA) is 96.0 Å². The van der Waals surface area contributed by atoms with Crippen molar-refractivity contribution in [1.82, 2.24) is 4.31 Å². The van der Waals surface area contributed by atoms with E-state index in [2.05, 4.69) is 5.32 Å². The Morgan fingerprint density at radius 2 is 1.87 bits per heavy atom. The molecule has 4 rings (SSSR count). The lowest BCUT2D eigenvalue weighted by atomic mass is 10.1. The van der Waals surface area contributed by atoms with Gasteiger partial charge in [-0.1, -0.05) is 12.1 Å². The summed E-state index contributed by atoms with van der Waals surface area (Å²) in [6.07, 6.45) is 1.69. The largest absolute Gasteiger partial charge is 0.482 e. The molecule has 2 aliphatic heterocycles. The Kier molecular flexibility index (Phi) is 5.72. The fraction of sp³-hybridized carbons (Fsp3) is 0.364. The second-order valence-electron chi connectivity index (χ2n) is 7.80. The maximum atomic E-state index is 12.8. The number of nitrogens with one attached hydrogen (secondary N) is 1. The number of anilines is 2. The van der Waals surface area contributed by atoms with E-state index in [-0.39, 0.29) is 35.6 Å². The zero-order valence-corrected chi connectivity index (χ0v) is 18.4. The van der Waals surface area contributed by atoms with Gasteiger partial charge in [-0.2, -0.15) is 4.31 Å². The van der Waals surface area contributed by atoms with Crippen LogP contribution in [0, 0.1) is 13.8 Å². The average molecular weight is 444 g/mol. The van der Waals surface area contributed by atoms with Gasteiger partial charge in [-0.05, 0) is 56.0 Å². The fourth-order valence-corrected chi connectivity index (χ4v) is 5.35. The van der Waals surface area contributed by atoms with Crippen LogP contribution < -0.4 is 15.0 Å². The van der Waals surface area contributed by atoms with Gasteiger partial charge in [-0.15, -0.1) is 0 Å². The van der Waals surface area contributed by atoms with Crippen LogP contribution in [-0.2, 0) is 19.6 Å². The molecule has 1 saturated heterocycles. The lowest BCUT2D eigenvalue weighted by molar-refractivity contribution is -0.123. The molecule has 8 nitrogen and oxygen atoms in total. The quantitative estimate of drug-likeness (QED) is 0.766. The summed E-state index contributed by atoms with van der Waals surface area (Å²) in [6, 6.07) is 10.1. The van der Waals surface area contributed by atoms with Crippen molar-refractivity contribution >= 4 is 33.2 Å². The van der Waals surface area contributed by atoms with Gasteiger partial charge in [0, 0.05) is 24.8 Å². The van der Waals surface area contributed by atoms with Crippen LogP contribution in [0.1, 0.15) is 24.0 Å². The van der Waals surface area contributed by atoms with Crippen molar-refractivity contribution in [2.75, 3.05) is 36.5 Å². The molecule has 0 aromatic heterocycles. The number of aryl methyl sites for hydroxylation is 1. The van der Waals surface area contributed by atoms with E-state index in [1.807, 2.05) is 32.0 Å². The zero-order valence-electron chi connectivity index (χ0n) is 17.6. The molecular formula is C22H25N3O5S. The summed E-state index contributed by atoms with van der Waals surface area (Å²) in [5, 5.41) is 2.85. The van der Waals surface area contributed by atoms with Crippen molar-refractivity contribution in [3.63, 3.8) is 0 Å². The predicted octanol–water partition coefficient (Wildman–Crippen LogP) is 2.45. The number of carbonyl (C=O) groups is 2. The molecule has 0 atom stereocenters. The van der Waals surface area contributed by atoms with Crippen molar-refractivity contribution in [2.24, 2.45) is 0 Å². The molecule has 2 aromatic carbocycles. The number of benzene rings is 2. The third-order valence-corrected chi connectivity index (χ3v) is 7.65. The van der Waals surface area contributed by atoms with E-state index in [0.29, 0.717) is 24.5 Å².